The first-order chi connectivity index (χ1) is 8.02. The third kappa shape index (κ3) is 2.86. The van der Waals surface area contributed by atoms with Crippen molar-refractivity contribution in [2.75, 3.05) is 0 Å². The summed E-state index contributed by atoms with van der Waals surface area (Å²) in [6.07, 6.45) is 5.63. The summed E-state index contributed by atoms with van der Waals surface area (Å²) >= 11 is 0. The number of aromatic nitrogens is 2. The van der Waals surface area contributed by atoms with Gasteiger partial charge >= 0.3 is 0 Å². The lowest BCUT2D eigenvalue weighted by molar-refractivity contribution is 0.218. The van der Waals surface area contributed by atoms with Crippen LogP contribution in [0.2, 0.25) is 0 Å². The molecule has 1 fully saturated rings. The third-order valence-corrected chi connectivity index (χ3v) is 3.92. The van der Waals surface area contributed by atoms with Crippen LogP contribution < -0.4 is 5.73 Å². The van der Waals surface area contributed by atoms with E-state index in [1.165, 1.54) is 12.8 Å². The van der Waals surface area contributed by atoms with Crippen molar-refractivity contribution in [2.24, 2.45) is 11.1 Å². The molecule has 4 heteroatoms. The number of nitrogens with zero attached hydrogens (tertiary/aromatic N) is 2. The zero-order valence-electron chi connectivity index (χ0n) is 11.1. The molecule has 1 saturated carbocycles. The second kappa shape index (κ2) is 4.77. The Kier molecular flexibility index (Phi) is 3.52. The van der Waals surface area contributed by atoms with Gasteiger partial charge < -0.3 is 10.3 Å². The normalized spacial score (nSPS) is 22.6. The molecule has 1 aromatic heterocycles. The van der Waals surface area contributed by atoms with Crippen LogP contribution in [0.4, 0.5) is 0 Å². The van der Waals surface area contributed by atoms with E-state index in [-0.39, 0.29) is 6.04 Å². The second-order valence-corrected chi connectivity index (χ2v) is 5.94. The number of rotatable bonds is 3. The van der Waals surface area contributed by atoms with Crippen molar-refractivity contribution in [1.82, 2.24) is 10.1 Å². The van der Waals surface area contributed by atoms with E-state index in [2.05, 4.69) is 24.0 Å². The van der Waals surface area contributed by atoms with Crippen molar-refractivity contribution >= 4 is 0 Å². The maximum absolute atomic E-state index is 5.88. The quantitative estimate of drug-likeness (QED) is 0.877. The average Bonchev–Trinajstić information content (AvgIpc) is 2.77. The lowest BCUT2D eigenvalue weighted by Crippen LogP contribution is -2.20. The lowest BCUT2D eigenvalue weighted by atomic mass is 9.73. The number of nitrogens with two attached hydrogens (primary N) is 1. The minimum atomic E-state index is -0.115. The van der Waals surface area contributed by atoms with Gasteiger partial charge in [-0.2, -0.15) is 4.98 Å². The Morgan fingerprint density at radius 1 is 1.41 bits per heavy atom. The van der Waals surface area contributed by atoms with E-state index in [4.69, 9.17) is 10.3 Å². The Bertz CT molecular complexity index is 362. The molecule has 0 spiro atoms. The van der Waals surface area contributed by atoms with Gasteiger partial charge in [-0.3, -0.25) is 0 Å². The van der Waals surface area contributed by atoms with Gasteiger partial charge in [0.2, 0.25) is 5.89 Å². The summed E-state index contributed by atoms with van der Waals surface area (Å²) in [6, 6.07) is -0.115. The monoisotopic (exact) mass is 237 g/mol. The summed E-state index contributed by atoms with van der Waals surface area (Å²) in [6.45, 7) is 6.69. The highest BCUT2D eigenvalue weighted by molar-refractivity contribution is 5.00. The van der Waals surface area contributed by atoms with Crippen LogP contribution in [-0.4, -0.2) is 10.1 Å². The van der Waals surface area contributed by atoms with Gasteiger partial charge in [-0.05, 0) is 37.5 Å². The summed E-state index contributed by atoms with van der Waals surface area (Å²) in [4.78, 5) is 4.45. The van der Waals surface area contributed by atoms with Crippen LogP contribution in [-0.2, 0) is 0 Å². The van der Waals surface area contributed by atoms with Gasteiger partial charge in [0, 0.05) is 5.92 Å². The molecule has 1 aromatic rings. The van der Waals surface area contributed by atoms with Gasteiger partial charge in [0.15, 0.2) is 5.82 Å². The summed E-state index contributed by atoms with van der Waals surface area (Å²) in [5, 5.41) is 4.09. The van der Waals surface area contributed by atoms with E-state index in [1.807, 2.05) is 6.92 Å². The highest BCUT2D eigenvalue weighted by Gasteiger charge is 2.30. The molecule has 1 aliphatic rings. The van der Waals surface area contributed by atoms with Crippen molar-refractivity contribution in [3.8, 4) is 0 Å². The number of hydrogen-bond donors (Lipinski definition) is 1. The van der Waals surface area contributed by atoms with Crippen molar-refractivity contribution in [2.45, 2.75) is 64.8 Å². The van der Waals surface area contributed by atoms with E-state index in [0.29, 0.717) is 17.2 Å². The van der Waals surface area contributed by atoms with Crippen LogP contribution in [0, 0.1) is 5.41 Å². The zero-order chi connectivity index (χ0) is 12.5. The van der Waals surface area contributed by atoms with Crippen LogP contribution in [0.1, 0.15) is 76.6 Å². The van der Waals surface area contributed by atoms with E-state index in [1.54, 1.807) is 0 Å². The molecule has 17 heavy (non-hydrogen) atoms. The average molecular weight is 237 g/mol. The molecule has 96 valence electrons. The lowest BCUT2D eigenvalue weighted by Gasteiger charge is -2.32. The molecular weight excluding hydrogens is 214 g/mol. The highest BCUT2D eigenvalue weighted by Crippen LogP contribution is 2.41. The summed E-state index contributed by atoms with van der Waals surface area (Å²) in [5.41, 5.74) is 6.36. The summed E-state index contributed by atoms with van der Waals surface area (Å²) < 4.78 is 5.24. The molecule has 4 nitrogen and oxygen atoms in total. The van der Waals surface area contributed by atoms with Crippen LogP contribution in [0.15, 0.2) is 4.52 Å². The molecule has 0 saturated heterocycles. The Balaban J connectivity index is 2.01. The Morgan fingerprint density at radius 3 is 2.65 bits per heavy atom. The molecular formula is C13H23N3O. The first-order valence-corrected chi connectivity index (χ1v) is 6.61. The van der Waals surface area contributed by atoms with Gasteiger partial charge in [-0.25, -0.2) is 0 Å². The van der Waals surface area contributed by atoms with Crippen molar-refractivity contribution in [3.05, 3.63) is 11.7 Å². The van der Waals surface area contributed by atoms with Crippen molar-refractivity contribution in [3.63, 3.8) is 0 Å². The highest BCUT2D eigenvalue weighted by atomic mass is 16.5. The van der Waals surface area contributed by atoms with E-state index in [9.17, 15) is 0 Å². The van der Waals surface area contributed by atoms with E-state index < -0.39 is 0 Å². The minimum absolute atomic E-state index is 0.115. The minimum Gasteiger partial charge on any atom is -0.338 e. The molecule has 1 aliphatic carbocycles. The molecule has 0 aliphatic heterocycles. The van der Waals surface area contributed by atoms with Crippen LogP contribution in [0.5, 0.6) is 0 Å². The molecule has 0 unspecified atom stereocenters. The molecule has 1 heterocycles. The topological polar surface area (TPSA) is 64.9 Å². The molecule has 0 aromatic carbocycles. The second-order valence-electron chi connectivity index (χ2n) is 5.94. The first kappa shape index (κ1) is 12.6. The van der Waals surface area contributed by atoms with Crippen LogP contribution in [0.3, 0.4) is 0 Å². The molecule has 1 atom stereocenters. The maximum Gasteiger partial charge on any atom is 0.243 e. The Hall–Kier alpha value is -0.900. The van der Waals surface area contributed by atoms with E-state index >= 15 is 0 Å². The molecule has 0 bridgehead atoms. The Labute approximate surface area is 103 Å². The summed E-state index contributed by atoms with van der Waals surface area (Å²) in [5.74, 6) is 1.91. The molecule has 2 rings (SSSR count). The maximum atomic E-state index is 5.88. The summed E-state index contributed by atoms with van der Waals surface area (Å²) in [7, 11) is 0. The smallest absolute Gasteiger partial charge is 0.243 e. The largest absolute Gasteiger partial charge is 0.338 e. The molecule has 0 amide bonds. The van der Waals surface area contributed by atoms with Crippen LogP contribution >= 0.6 is 0 Å². The number of hydrogen-bond acceptors (Lipinski definition) is 4. The van der Waals surface area contributed by atoms with Gasteiger partial charge in [0.25, 0.3) is 0 Å². The molecule has 2 N–H and O–H groups in total. The van der Waals surface area contributed by atoms with Gasteiger partial charge in [0.1, 0.15) is 0 Å². The predicted octanol–water partition coefficient (Wildman–Crippen LogP) is 3.16. The SMILES string of the molecule is CC[C@@H](N)c1nc(C2CCC(C)(C)CC2)no1. The van der Waals surface area contributed by atoms with Crippen molar-refractivity contribution in [1.29, 1.82) is 0 Å². The van der Waals surface area contributed by atoms with E-state index in [0.717, 1.165) is 25.1 Å². The fourth-order valence-electron chi connectivity index (χ4n) is 2.40. The third-order valence-electron chi connectivity index (χ3n) is 3.92. The standard InChI is InChI=1S/C13H23N3O/c1-4-10(14)12-15-11(16-17-12)9-5-7-13(2,3)8-6-9/h9-10H,4-8,14H2,1-3H3/t10-/m1/s1. The van der Waals surface area contributed by atoms with Crippen molar-refractivity contribution < 1.29 is 4.52 Å². The fourth-order valence-corrected chi connectivity index (χ4v) is 2.40. The van der Waals surface area contributed by atoms with Gasteiger partial charge in [-0.1, -0.05) is 25.9 Å². The van der Waals surface area contributed by atoms with Gasteiger partial charge in [-0.15, -0.1) is 0 Å². The Morgan fingerprint density at radius 2 is 2.06 bits per heavy atom. The zero-order valence-corrected chi connectivity index (χ0v) is 11.1. The molecule has 0 radical (unpaired) electrons. The first-order valence-electron chi connectivity index (χ1n) is 6.61. The predicted molar refractivity (Wildman–Crippen MR) is 66.5 cm³/mol. The van der Waals surface area contributed by atoms with Gasteiger partial charge in [0.05, 0.1) is 6.04 Å². The van der Waals surface area contributed by atoms with Crippen LogP contribution in [0.25, 0.3) is 0 Å². The fraction of sp³-hybridized carbons (Fsp3) is 0.846.